The van der Waals surface area contributed by atoms with Crippen molar-refractivity contribution in [3.63, 3.8) is 0 Å². The Hall–Kier alpha value is -1.39. The largest absolute Gasteiger partial charge is 1.00 e. The molecule has 1 aromatic heterocycles. The minimum Gasteiger partial charge on any atom is -1.00 e. The maximum absolute atomic E-state index is 11.9. The molecule has 0 aliphatic carbocycles. The Bertz CT molecular complexity index is 614. The average Bonchev–Trinajstić information content (AvgIpc) is 2.42. The van der Waals surface area contributed by atoms with Crippen LogP contribution in [-0.2, 0) is 11.3 Å². The Morgan fingerprint density at radius 3 is 2.48 bits per heavy atom. The van der Waals surface area contributed by atoms with Crippen molar-refractivity contribution in [3.8, 4) is 0 Å². The van der Waals surface area contributed by atoms with Gasteiger partial charge in [0.05, 0.1) is 6.42 Å². The van der Waals surface area contributed by atoms with Gasteiger partial charge in [-0.3, -0.25) is 4.79 Å². The van der Waals surface area contributed by atoms with Gasteiger partial charge in [-0.15, -0.1) is 0 Å². The summed E-state index contributed by atoms with van der Waals surface area (Å²) in [5, 5.41) is 3.52. The number of anilines is 1. The van der Waals surface area contributed by atoms with Crippen molar-refractivity contribution in [3.05, 3.63) is 58.9 Å². The lowest BCUT2D eigenvalue weighted by Crippen LogP contribution is -3.00. The number of aryl methyl sites for hydroxylation is 3. The summed E-state index contributed by atoms with van der Waals surface area (Å²) in [6.07, 6.45) is 4.38. The van der Waals surface area contributed by atoms with E-state index in [4.69, 9.17) is 11.6 Å². The van der Waals surface area contributed by atoms with E-state index in [0.29, 0.717) is 18.0 Å². The van der Waals surface area contributed by atoms with Crippen molar-refractivity contribution in [2.45, 2.75) is 26.8 Å². The van der Waals surface area contributed by atoms with Crippen LogP contribution in [0.5, 0.6) is 0 Å². The predicted molar refractivity (Wildman–Crippen MR) is 80.8 cm³/mol. The van der Waals surface area contributed by atoms with E-state index in [1.807, 2.05) is 55.1 Å². The molecule has 0 bridgehead atoms. The first kappa shape index (κ1) is 17.7. The lowest BCUT2D eigenvalue weighted by molar-refractivity contribution is -0.695. The first-order valence-electron chi connectivity index (χ1n) is 6.56. The third-order valence-electron chi connectivity index (χ3n) is 3.11. The van der Waals surface area contributed by atoms with E-state index in [2.05, 4.69) is 5.32 Å². The summed E-state index contributed by atoms with van der Waals surface area (Å²) >= 11 is 6.03. The number of nitrogens with zero attached hydrogens (tertiary/aromatic N) is 1. The van der Waals surface area contributed by atoms with Crippen LogP contribution < -0.4 is 26.9 Å². The second-order valence-corrected chi connectivity index (χ2v) is 5.28. The number of hydrogen-bond donors (Lipinski definition) is 1. The maximum atomic E-state index is 11.9. The van der Waals surface area contributed by atoms with Gasteiger partial charge < -0.3 is 22.3 Å². The predicted octanol–water partition coefficient (Wildman–Crippen LogP) is 0.277. The number of carbonyl (C=O) groups is 1. The highest BCUT2D eigenvalue weighted by Crippen LogP contribution is 2.19. The molecule has 0 fully saturated rings. The summed E-state index contributed by atoms with van der Waals surface area (Å²) in [6.45, 7) is 4.63. The normalized spacial score (nSPS) is 9.86. The molecule has 1 aromatic carbocycles. The average molecular weight is 370 g/mol. The smallest absolute Gasteiger partial charge is 0.230 e. The molecule has 5 heteroatoms. The van der Waals surface area contributed by atoms with E-state index in [-0.39, 0.29) is 22.9 Å². The molecule has 112 valence electrons. The third-order valence-corrected chi connectivity index (χ3v) is 3.52. The molecule has 1 amide bonds. The molecule has 2 rings (SSSR count). The Balaban J connectivity index is 0.00000220. The van der Waals surface area contributed by atoms with Gasteiger partial charge in [0.25, 0.3) is 0 Å². The SMILES string of the molecule is Cc1cc[n+](CCC(=O)Nc2ccc(C)c(Cl)c2)cc1.[Br-]. The summed E-state index contributed by atoms with van der Waals surface area (Å²) in [5.74, 6) is -0.0157. The molecular formula is C16H18BrClN2O. The van der Waals surface area contributed by atoms with Gasteiger partial charge in [-0.1, -0.05) is 17.7 Å². The molecule has 1 N–H and O–H groups in total. The summed E-state index contributed by atoms with van der Waals surface area (Å²) in [4.78, 5) is 11.9. The monoisotopic (exact) mass is 368 g/mol. The molecule has 0 atom stereocenters. The molecule has 0 aliphatic rings. The molecule has 0 spiro atoms. The van der Waals surface area contributed by atoms with Gasteiger partial charge in [0.1, 0.15) is 0 Å². The first-order chi connectivity index (χ1) is 9.54. The summed E-state index contributed by atoms with van der Waals surface area (Å²) in [5.41, 5.74) is 2.94. The lowest BCUT2D eigenvalue weighted by atomic mass is 10.2. The Morgan fingerprint density at radius 1 is 1.19 bits per heavy atom. The number of pyridine rings is 1. The Kier molecular flexibility index (Phi) is 6.85. The minimum atomic E-state index is -0.0157. The lowest BCUT2D eigenvalue weighted by Gasteiger charge is -2.06. The molecule has 0 aliphatic heterocycles. The fourth-order valence-electron chi connectivity index (χ4n) is 1.81. The van der Waals surface area contributed by atoms with Crippen molar-refractivity contribution in [1.29, 1.82) is 0 Å². The van der Waals surface area contributed by atoms with Crippen molar-refractivity contribution in [2.75, 3.05) is 5.32 Å². The molecule has 21 heavy (non-hydrogen) atoms. The molecule has 2 aromatic rings. The van der Waals surface area contributed by atoms with E-state index in [1.54, 1.807) is 6.07 Å². The molecule has 0 saturated carbocycles. The summed E-state index contributed by atoms with van der Waals surface area (Å²) < 4.78 is 1.99. The number of benzene rings is 1. The van der Waals surface area contributed by atoms with Gasteiger partial charge in [-0.25, -0.2) is 4.57 Å². The highest BCUT2D eigenvalue weighted by atomic mass is 79.9. The fourth-order valence-corrected chi connectivity index (χ4v) is 1.99. The van der Waals surface area contributed by atoms with Crippen LogP contribution in [0.2, 0.25) is 5.02 Å². The van der Waals surface area contributed by atoms with Crippen molar-refractivity contribution in [2.24, 2.45) is 0 Å². The van der Waals surface area contributed by atoms with E-state index in [0.717, 1.165) is 11.3 Å². The number of halogens is 2. The standard InChI is InChI=1S/C16H17ClN2O.BrH/c1-12-5-8-19(9-6-12)10-7-16(20)18-14-4-3-13(2)15(17)11-14;/h3-6,8-9,11H,7,10H2,1-2H3;1H. The minimum absolute atomic E-state index is 0. The molecular weight excluding hydrogens is 352 g/mol. The van der Waals surface area contributed by atoms with E-state index in [9.17, 15) is 4.79 Å². The van der Waals surface area contributed by atoms with Crippen LogP contribution in [0.3, 0.4) is 0 Å². The van der Waals surface area contributed by atoms with E-state index < -0.39 is 0 Å². The van der Waals surface area contributed by atoms with E-state index in [1.165, 1.54) is 5.56 Å². The van der Waals surface area contributed by atoms with Gasteiger partial charge in [0.15, 0.2) is 18.9 Å². The van der Waals surface area contributed by atoms with Crippen LogP contribution in [0, 0.1) is 13.8 Å². The van der Waals surface area contributed by atoms with Gasteiger partial charge in [-0.2, -0.15) is 0 Å². The van der Waals surface area contributed by atoms with E-state index >= 15 is 0 Å². The van der Waals surface area contributed by atoms with Gasteiger partial charge in [-0.05, 0) is 37.1 Å². The zero-order valence-corrected chi connectivity index (χ0v) is 14.4. The quantitative estimate of drug-likeness (QED) is 0.772. The van der Waals surface area contributed by atoms with Crippen LogP contribution in [-0.4, -0.2) is 5.91 Å². The summed E-state index contributed by atoms with van der Waals surface area (Å²) in [7, 11) is 0. The molecule has 0 saturated heterocycles. The highest BCUT2D eigenvalue weighted by Gasteiger charge is 2.07. The van der Waals surface area contributed by atoms with Crippen LogP contribution in [0.4, 0.5) is 5.69 Å². The first-order valence-corrected chi connectivity index (χ1v) is 6.94. The second-order valence-electron chi connectivity index (χ2n) is 4.88. The zero-order chi connectivity index (χ0) is 14.5. The third kappa shape index (κ3) is 5.48. The van der Waals surface area contributed by atoms with Gasteiger partial charge in [0.2, 0.25) is 5.91 Å². The van der Waals surface area contributed by atoms with Crippen molar-refractivity contribution in [1.82, 2.24) is 0 Å². The molecule has 3 nitrogen and oxygen atoms in total. The molecule has 0 radical (unpaired) electrons. The molecule has 0 unspecified atom stereocenters. The van der Waals surface area contributed by atoms with Crippen LogP contribution in [0.25, 0.3) is 0 Å². The Labute approximate surface area is 140 Å². The maximum Gasteiger partial charge on any atom is 0.230 e. The number of amides is 1. The zero-order valence-electron chi connectivity index (χ0n) is 12.1. The van der Waals surface area contributed by atoms with Crippen LogP contribution in [0.1, 0.15) is 17.5 Å². The number of aromatic nitrogens is 1. The molecule has 1 heterocycles. The van der Waals surface area contributed by atoms with Gasteiger partial charge in [0, 0.05) is 22.8 Å². The topological polar surface area (TPSA) is 33.0 Å². The van der Waals surface area contributed by atoms with Crippen LogP contribution in [0.15, 0.2) is 42.7 Å². The fraction of sp³-hybridized carbons (Fsp3) is 0.250. The number of rotatable bonds is 4. The van der Waals surface area contributed by atoms with Crippen molar-refractivity contribution >= 4 is 23.2 Å². The van der Waals surface area contributed by atoms with Gasteiger partial charge >= 0.3 is 0 Å². The summed E-state index contributed by atoms with van der Waals surface area (Å²) in [6, 6.07) is 9.58. The highest BCUT2D eigenvalue weighted by molar-refractivity contribution is 6.31. The number of carbonyl (C=O) groups excluding carboxylic acids is 1. The number of nitrogens with one attached hydrogen (secondary N) is 1. The number of hydrogen-bond acceptors (Lipinski definition) is 1. The van der Waals surface area contributed by atoms with Crippen LogP contribution >= 0.6 is 11.6 Å². The van der Waals surface area contributed by atoms with Crippen molar-refractivity contribution < 1.29 is 26.3 Å². The second kappa shape index (κ2) is 8.15. The Morgan fingerprint density at radius 2 is 1.86 bits per heavy atom.